The molecule has 1 atom stereocenters. The molecule has 18 heavy (non-hydrogen) atoms. The molecule has 0 saturated carbocycles. The first-order valence-corrected chi connectivity index (χ1v) is 7.87. The van der Waals surface area contributed by atoms with Crippen LogP contribution >= 0.6 is 0 Å². The molecule has 0 aromatic carbocycles. The molecule has 100 valence electrons. The van der Waals surface area contributed by atoms with Gasteiger partial charge in [0.15, 0.2) is 9.84 Å². The third-order valence-corrected chi connectivity index (χ3v) is 4.66. The van der Waals surface area contributed by atoms with Gasteiger partial charge in [0, 0.05) is 18.8 Å². The predicted molar refractivity (Wildman–Crippen MR) is 67.0 cm³/mol. The van der Waals surface area contributed by atoms with E-state index in [0.29, 0.717) is 12.1 Å². The van der Waals surface area contributed by atoms with Crippen molar-refractivity contribution in [1.29, 1.82) is 0 Å². The average Bonchev–Trinajstić information content (AvgIpc) is 2.86. The molecule has 1 aromatic rings. The maximum absolute atomic E-state index is 11.8. The lowest BCUT2D eigenvalue weighted by molar-refractivity contribution is 0.0935. The van der Waals surface area contributed by atoms with Crippen molar-refractivity contribution in [3.8, 4) is 0 Å². The second kappa shape index (κ2) is 5.09. The molecule has 0 bridgehead atoms. The molecule has 0 unspecified atom stereocenters. The van der Waals surface area contributed by atoms with Gasteiger partial charge in [-0.15, -0.1) is 0 Å². The van der Waals surface area contributed by atoms with E-state index in [-0.39, 0.29) is 23.5 Å². The summed E-state index contributed by atoms with van der Waals surface area (Å²) >= 11 is 0. The summed E-state index contributed by atoms with van der Waals surface area (Å²) in [5.41, 5.74) is 0.341. The number of rotatable bonds is 4. The first-order valence-electron chi connectivity index (χ1n) is 6.05. The van der Waals surface area contributed by atoms with Crippen molar-refractivity contribution in [2.45, 2.75) is 32.4 Å². The second-order valence-electron chi connectivity index (χ2n) is 4.54. The predicted octanol–water partition coefficient (Wildman–Crippen LogP) is 0.210. The van der Waals surface area contributed by atoms with Crippen LogP contribution in [0.25, 0.3) is 0 Å². The summed E-state index contributed by atoms with van der Waals surface area (Å²) in [4.78, 5) is 11.8. The molecule has 1 aliphatic heterocycles. The van der Waals surface area contributed by atoms with Crippen LogP contribution in [0.4, 0.5) is 0 Å². The maximum atomic E-state index is 11.8. The van der Waals surface area contributed by atoms with Gasteiger partial charge in [-0.3, -0.25) is 9.48 Å². The number of carbonyl (C=O) groups is 1. The lowest BCUT2D eigenvalue weighted by Gasteiger charge is -2.08. The van der Waals surface area contributed by atoms with E-state index in [9.17, 15) is 13.2 Å². The summed E-state index contributed by atoms with van der Waals surface area (Å²) in [5.74, 6) is -0.108. The van der Waals surface area contributed by atoms with Gasteiger partial charge in [0.05, 0.1) is 11.5 Å². The summed E-state index contributed by atoms with van der Waals surface area (Å²) in [5, 5.41) is 6.85. The standard InChI is InChI=1S/C11H17N3O3S/c1-2-5-14-6-3-10(13-14)11(15)12-9-4-7-18(16,17)8-9/h3,6,9H,2,4-5,7-8H2,1H3,(H,12,15)/t9-/m1/s1. The molecule has 1 N–H and O–H groups in total. The van der Waals surface area contributed by atoms with Crippen molar-refractivity contribution in [1.82, 2.24) is 15.1 Å². The number of hydrogen-bond donors (Lipinski definition) is 1. The molecule has 7 heteroatoms. The molecular formula is C11H17N3O3S. The number of hydrogen-bond acceptors (Lipinski definition) is 4. The normalized spacial score (nSPS) is 21.9. The highest BCUT2D eigenvalue weighted by Gasteiger charge is 2.29. The maximum Gasteiger partial charge on any atom is 0.272 e. The zero-order valence-electron chi connectivity index (χ0n) is 10.3. The molecule has 6 nitrogen and oxygen atoms in total. The second-order valence-corrected chi connectivity index (χ2v) is 6.77. The molecule has 2 rings (SSSR count). The number of amides is 1. The van der Waals surface area contributed by atoms with Gasteiger partial charge in [-0.1, -0.05) is 6.92 Å². The first kappa shape index (κ1) is 13.1. The Morgan fingerprint density at radius 2 is 2.39 bits per heavy atom. The highest BCUT2D eigenvalue weighted by Crippen LogP contribution is 2.11. The van der Waals surface area contributed by atoms with Gasteiger partial charge in [0.1, 0.15) is 5.69 Å². The van der Waals surface area contributed by atoms with E-state index >= 15 is 0 Å². The molecule has 0 aliphatic carbocycles. The Kier molecular flexibility index (Phi) is 3.70. The van der Waals surface area contributed by atoms with Crippen LogP contribution in [0.2, 0.25) is 0 Å². The molecule has 1 amide bonds. The number of aryl methyl sites for hydroxylation is 1. The van der Waals surface area contributed by atoms with Crippen molar-refractivity contribution >= 4 is 15.7 Å². The van der Waals surface area contributed by atoms with Crippen LogP contribution in [0.15, 0.2) is 12.3 Å². The monoisotopic (exact) mass is 271 g/mol. The van der Waals surface area contributed by atoms with Crippen molar-refractivity contribution in [3.05, 3.63) is 18.0 Å². The zero-order chi connectivity index (χ0) is 13.2. The Morgan fingerprint density at radius 3 is 3.00 bits per heavy atom. The summed E-state index contributed by atoms with van der Waals surface area (Å²) < 4.78 is 24.3. The summed E-state index contributed by atoms with van der Waals surface area (Å²) in [7, 11) is -2.97. The van der Waals surface area contributed by atoms with Gasteiger partial charge in [0.25, 0.3) is 5.91 Å². The lowest BCUT2D eigenvalue weighted by atomic mass is 10.2. The number of nitrogens with one attached hydrogen (secondary N) is 1. The number of sulfone groups is 1. The quantitative estimate of drug-likeness (QED) is 0.849. The third kappa shape index (κ3) is 3.10. The fourth-order valence-corrected chi connectivity index (χ4v) is 3.68. The van der Waals surface area contributed by atoms with E-state index in [1.54, 1.807) is 16.9 Å². The first-order chi connectivity index (χ1) is 8.50. The van der Waals surface area contributed by atoms with Crippen LogP contribution in [0.3, 0.4) is 0 Å². The Bertz CT molecular complexity index is 535. The smallest absolute Gasteiger partial charge is 0.272 e. The minimum absolute atomic E-state index is 0.0361. The van der Waals surface area contributed by atoms with E-state index in [1.165, 1.54) is 0 Å². The lowest BCUT2D eigenvalue weighted by Crippen LogP contribution is -2.35. The van der Waals surface area contributed by atoms with Gasteiger partial charge < -0.3 is 5.32 Å². The number of carbonyl (C=O) groups excluding carboxylic acids is 1. The summed E-state index contributed by atoms with van der Waals surface area (Å²) in [6.07, 6.45) is 3.19. The van der Waals surface area contributed by atoms with E-state index in [0.717, 1.165) is 13.0 Å². The topological polar surface area (TPSA) is 81.1 Å². The third-order valence-electron chi connectivity index (χ3n) is 2.89. The Labute approximate surface area is 106 Å². The van der Waals surface area contributed by atoms with Gasteiger partial charge >= 0.3 is 0 Å². The minimum Gasteiger partial charge on any atom is -0.347 e. The van der Waals surface area contributed by atoms with Crippen molar-refractivity contribution in [2.24, 2.45) is 0 Å². The molecule has 1 fully saturated rings. The fraction of sp³-hybridized carbons (Fsp3) is 0.636. The van der Waals surface area contributed by atoms with Crippen LogP contribution in [-0.2, 0) is 16.4 Å². The molecule has 2 heterocycles. The van der Waals surface area contributed by atoms with Crippen LogP contribution in [-0.4, -0.2) is 41.7 Å². The van der Waals surface area contributed by atoms with Crippen LogP contribution in [0.5, 0.6) is 0 Å². The zero-order valence-corrected chi connectivity index (χ0v) is 11.1. The van der Waals surface area contributed by atoms with Crippen LogP contribution in [0, 0.1) is 0 Å². The van der Waals surface area contributed by atoms with Crippen molar-refractivity contribution < 1.29 is 13.2 Å². The molecule has 0 spiro atoms. The molecular weight excluding hydrogens is 254 g/mol. The van der Waals surface area contributed by atoms with E-state index in [2.05, 4.69) is 10.4 Å². The average molecular weight is 271 g/mol. The Hall–Kier alpha value is -1.37. The number of aromatic nitrogens is 2. The summed E-state index contributed by atoms with van der Waals surface area (Å²) in [6, 6.07) is 1.37. The van der Waals surface area contributed by atoms with Crippen molar-refractivity contribution in [2.75, 3.05) is 11.5 Å². The van der Waals surface area contributed by atoms with E-state index < -0.39 is 9.84 Å². The van der Waals surface area contributed by atoms with Gasteiger partial charge in [-0.25, -0.2) is 8.42 Å². The Balaban J connectivity index is 1.95. The molecule has 1 aromatic heterocycles. The fourth-order valence-electron chi connectivity index (χ4n) is 2.00. The van der Waals surface area contributed by atoms with E-state index in [1.807, 2.05) is 6.92 Å². The largest absolute Gasteiger partial charge is 0.347 e. The number of nitrogens with zero attached hydrogens (tertiary/aromatic N) is 2. The highest BCUT2D eigenvalue weighted by atomic mass is 32.2. The van der Waals surface area contributed by atoms with Crippen molar-refractivity contribution in [3.63, 3.8) is 0 Å². The van der Waals surface area contributed by atoms with Gasteiger partial charge in [-0.05, 0) is 18.9 Å². The molecule has 0 radical (unpaired) electrons. The van der Waals surface area contributed by atoms with Gasteiger partial charge in [-0.2, -0.15) is 5.10 Å². The highest BCUT2D eigenvalue weighted by molar-refractivity contribution is 7.91. The Morgan fingerprint density at radius 1 is 1.61 bits per heavy atom. The minimum atomic E-state index is -2.97. The summed E-state index contributed by atoms with van der Waals surface area (Å²) in [6.45, 7) is 2.80. The van der Waals surface area contributed by atoms with E-state index in [4.69, 9.17) is 0 Å². The van der Waals surface area contributed by atoms with Crippen LogP contribution < -0.4 is 5.32 Å². The molecule has 1 aliphatic rings. The van der Waals surface area contributed by atoms with Crippen LogP contribution in [0.1, 0.15) is 30.3 Å². The molecule has 1 saturated heterocycles. The van der Waals surface area contributed by atoms with Gasteiger partial charge in [0.2, 0.25) is 0 Å². The SMILES string of the molecule is CCCn1ccc(C(=O)N[C@@H]2CCS(=O)(=O)C2)n1.